The highest BCUT2D eigenvalue weighted by Gasteiger charge is 2.24. The molecule has 2 amide bonds. The van der Waals surface area contributed by atoms with Gasteiger partial charge >= 0.3 is 0 Å². The van der Waals surface area contributed by atoms with Crippen LogP contribution in [0.2, 0.25) is 0 Å². The number of nitrogens with one attached hydrogen (secondary N) is 3. The third kappa shape index (κ3) is 6.69. The van der Waals surface area contributed by atoms with E-state index in [1.807, 2.05) is 0 Å². The fraction of sp³-hybridized carbons (Fsp3) is 0.391. The molecule has 1 aliphatic heterocycles. The second kappa shape index (κ2) is 11.2. The van der Waals surface area contributed by atoms with Crippen LogP contribution in [0.1, 0.15) is 32.6 Å². The van der Waals surface area contributed by atoms with Crippen molar-refractivity contribution in [2.45, 2.75) is 37.5 Å². The molecule has 9 nitrogen and oxygen atoms in total. The van der Waals surface area contributed by atoms with Crippen molar-refractivity contribution < 1.29 is 22.7 Å². The van der Waals surface area contributed by atoms with Crippen LogP contribution in [-0.4, -0.2) is 51.3 Å². The number of hydrogen-bond donors (Lipinski definition) is 3. The van der Waals surface area contributed by atoms with Gasteiger partial charge in [-0.15, -0.1) is 0 Å². The summed E-state index contributed by atoms with van der Waals surface area (Å²) in [5.74, 6) is -0.0875. The van der Waals surface area contributed by atoms with Gasteiger partial charge in [0.25, 0.3) is 0 Å². The quantitative estimate of drug-likeness (QED) is 0.541. The Balaban J connectivity index is 1.60. The van der Waals surface area contributed by atoms with E-state index in [0.717, 1.165) is 25.7 Å². The molecular formula is C23H30N4O5S. The van der Waals surface area contributed by atoms with E-state index >= 15 is 0 Å². The fourth-order valence-corrected chi connectivity index (χ4v) is 5.16. The maximum atomic E-state index is 12.9. The van der Waals surface area contributed by atoms with E-state index in [1.165, 1.54) is 14.0 Å². The molecular weight excluding hydrogens is 444 g/mol. The predicted octanol–water partition coefficient (Wildman–Crippen LogP) is 3.27. The van der Waals surface area contributed by atoms with Crippen LogP contribution in [-0.2, 0) is 19.6 Å². The molecule has 178 valence electrons. The average molecular weight is 475 g/mol. The van der Waals surface area contributed by atoms with Crippen LogP contribution in [0, 0.1) is 0 Å². The van der Waals surface area contributed by atoms with Crippen LogP contribution >= 0.6 is 0 Å². The average Bonchev–Trinajstić information content (AvgIpc) is 3.08. The molecule has 0 aliphatic carbocycles. The maximum absolute atomic E-state index is 12.9. The Morgan fingerprint density at radius 1 is 0.939 bits per heavy atom. The smallest absolute Gasteiger partial charge is 0.243 e. The third-order valence-electron chi connectivity index (χ3n) is 5.30. The number of amides is 2. The monoisotopic (exact) mass is 474 g/mol. The summed E-state index contributed by atoms with van der Waals surface area (Å²) in [6, 6.07) is 11.3. The Hall–Kier alpha value is -3.11. The summed E-state index contributed by atoms with van der Waals surface area (Å²) < 4.78 is 32.6. The number of methoxy groups -OCH3 is 1. The maximum Gasteiger partial charge on any atom is 0.243 e. The van der Waals surface area contributed by atoms with Crippen LogP contribution in [0.4, 0.5) is 17.1 Å². The molecule has 3 rings (SSSR count). The topological polar surface area (TPSA) is 117 Å². The van der Waals surface area contributed by atoms with Gasteiger partial charge < -0.3 is 20.7 Å². The Morgan fingerprint density at radius 2 is 1.58 bits per heavy atom. The minimum atomic E-state index is -3.51. The molecule has 1 heterocycles. The molecule has 3 N–H and O–H groups in total. The molecule has 10 heteroatoms. The van der Waals surface area contributed by atoms with Gasteiger partial charge in [0.1, 0.15) is 5.75 Å². The number of ether oxygens (including phenoxy) is 1. The lowest BCUT2D eigenvalue weighted by atomic mass is 10.2. The van der Waals surface area contributed by atoms with Gasteiger partial charge in [-0.3, -0.25) is 9.59 Å². The zero-order chi connectivity index (χ0) is 23.8. The molecule has 0 spiro atoms. The Labute approximate surface area is 194 Å². The molecule has 2 aromatic carbocycles. The molecule has 0 atom stereocenters. The van der Waals surface area contributed by atoms with Crippen molar-refractivity contribution in [1.29, 1.82) is 0 Å². The van der Waals surface area contributed by atoms with E-state index < -0.39 is 10.0 Å². The summed E-state index contributed by atoms with van der Waals surface area (Å²) in [6.07, 6.45) is 3.87. The lowest BCUT2D eigenvalue weighted by Gasteiger charge is -2.20. The minimum Gasteiger partial charge on any atom is -0.495 e. The highest BCUT2D eigenvalue weighted by molar-refractivity contribution is 7.89. The lowest BCUT2D eigenvalue weighted by molar-refractivity contribution is -0.115. The van der Waals surface area contributed by atoms with Gasteiger partial charge in [0.15, 0.2) is 0 Å². The van der Waals surface area contributed by atoms with Crippen LogP contribution in [0.3, 0.4) is 0 Å². The summed E-state index contributed by atoms with van der Waals surface area (Å²) in [5, 5.41) is 8.39. The number of anilines is 3. The van der Waals surface area contributed by atoms with E-state index in [0.29, 0.717) is 35.9 Å². The number of carbonyl (C=O) groups excluding carboxylic acids is 2. The lowest BCUT2D eigenvalue weighted by Crippen LogP contribution is -2.31. The predicted molar refractivity (Wildman–Crippen MR) is 128 cm³/mol. The van der Waals surface area contributed by atoms with Crippen LogP contribution in [0.15, 0.2) is 47.4 Å². The number of rotatable bonds is 8. The van der Waals surface area contributed by atoms with Gasteiger partial charge in [0.2, 0.25) is 21.8 Å². The van der Waals surface area contributed by atoms with Crippen molar-refractivity contribution in [3.05, 3.63) is 42.5 Å². The summed E-state index contributed by atoms with van der Waals surface area (Å²) >= 11 is 0. The third-order valence-corrected chi connectivity index (χ3v) is 7.22. The van der Waals surface area contributed by atoms with E-state index in [9.17, 15) is 18.0 Å². The van der Waals surface area contributed by atoms with Crippen molar-refractivity contribution in [3.63, 3.8) is 0 Å². The minimum absolute atomic E-state index is 0.0360. The van der Waals surface area contributed by atoms with Gasteiger partial charge in [0, 0.05) is 31.4 Å². The van der Waals surface area contributed by atoms with Crippen LogP contribution in [0.25, 0.3) is 0 Å². The standard InChI is InChI=1S/C23H30N4O5S/c1-17(28)25-19-9-12-22(32-2)21(15-19)26-23(29)16-24-18-7-10-20(11-8-18)33(30,31)27-13-5-3-4-6-14-27/h7-12,15,24H,3-6,13-14,16H2,1-2H3,(H,25,28)(H,26,29). The molecule has 1 saturated heterocycles. The highest BCUT2D eigenvalue weighted by Crippen LogP contribution is 2.28. The normalized spacial score (nSPS) is 14.7. The van der Waals surface area contributed by atoms with Gasteiger partial charge in [-0.25, -0.2) is 8.42 Å². The van der Waals surface area contributed by atoms with Gasteiger partial charge in [-0.05, 0) is 55.3 Å². The Kier molecular flexibility index (Phi) is 8.29. The van der Waals surface area contributed by atoms with E-state index in [4.69, 9.17) is 4.74 Å². The van der Waals surface area contributed by atoms with E-state index in [2.05, 4.69) is 16.0 Å². The first-order valence-corrected chi connectivity index (χ1v) is 12.3. The van der Waals surface area contributed by atoms with Crippen LogP contribution in [0.5, 0.6) is 5.75 Å². The largest absolute Gasteiger partial charge is 0.495 e. The second-order valence-electron chi connectivity index (χ2n) is 7.84. The Morgan fingerprint density at radius 3 is 2.18 bits per heavy atom. The van der Waals surface area contributed by atoms with Crippen LogP contribution < -0.4 is 20.7 Å². The van der Waals surface area contributed by atoms with Crippen molar-refractivity contribution >= 4 is 38.9 Å². The molecule has 0 saturated carbocycles. The molecule has 0 radical (unpaired) electrons. The Bertz CT molecular complexity index is 1080. The summed E-state index contributed by atoms with van der Waals surface area (Å²) in [7, 11) is -2.02. The molecule has 1 aliphatic rings. The first-order chi connectivity index (χ1) is 15.8. The van der Waals surface area contributed by atoms with Gasteiger partial charge in [-0.1, -0.05) is 12.8 Å². The van der Waals surface area contributed by atoms with Crippen molar-refractivity contribution in [3.8, 4) is 5.75 Å². The van der Waals surface area contributed by atoms with E-state index in [-0.39, 0.29) is 23.3 Å². The SMILES string of the molecule is COc1ccc(NC(C)=O)cc1NC(=O)CNc1ccc(S(=O)(=O)N2CCCCCC2)cc1. The summed E-state index contributed by atoms with van der Waals surface area (Å²) in [6.45, 7) is 2.47. The van der Waals surface area contributed by atoms with Crippen molar-refractivity contribution in [1.82, 2.24) is 4.31 Å². The zero-order valence-electron chi connectivity index (χ0n) is 18.9. The molecule has 1 fully saturated rings. The summed E-state index contributed by atoms with van der Waals surface area (Å²) in [5.41, 5.74) is 1.58. The number of hydrogen-bond acceptors (Lipinski definition) is 6. The van der Waals surface area contributed by atoms with Crippen molar-refractivity contribution in [2.24, 2.45) is 0 Å². The summed E-state index contributed by atoms with van der Waals surface area (Å²) in [4.78, 5) is 24.0. The van der Waals surface area contributed by atoms with Gasteiger partial charge in [-0.2, -0.15) is 4.31 Å². The number of nitrogens with zero attached hydrogens (tertiary/aromatic N) is 1. The number of carbonyl (C=O) groups is 2. The molecule has 2 aromatic rings. The molecule has 0 aromatic heterocycles. The molecule has 33 heavy (non-hydrogen) atoms. The first-order valence-electron chi connectivity index (χ1n) is 10.9. The fourth-order valence-electron chi connectivity index (χ4n) is 3.64. The van der Waals surface area contributed by atoms with E-state index in [1.54, 1.807) is 46.8 Å². The van der Waals surface area contributed by atoms with Crippen molar-refractivity contribution in [2.75, 3.05) is 42.7 Å². The number of benzene rings is 2. The second-order valence-corrected chi connectivity index (χ2v) is 9.78. The molecule has 0 bridgehead atoms. The van der Waals surface area contributed by atoms with Gasteiger partial charge in [0.05, 0.1) is 24.2 Å². The number of sulfonamides is 1. The first kappa shape index (κ1) is 24.5. The zero-order valence-corrected chi connectivity index (χ0v) is 19.7. The molecule has 0 unspecified atom stereocenters. The highest BCUT2D eigenvalue weighted by atomic mass is 32.2.